The molecule has 2 amide bonds. The van der Waals surface area contributed by atoms with E-state index in [4.69, 9.17) is 11.6 Å². The van der Waals surface area contributed by atoms with E-state index in [-0.39, 0.29) is 11.8 Å². The zero-order chi connectivity index (χ0) is 25.5. The van der Waals surface area contributed by atoms with E-state index in [1.165, 1.54) is 0 Å². The molecule has 0 aromatic heterocycles. The highest BCUT2D eigenvalue weighted by Gasteiger charge is 2.41. The SMILES string of the molecule is C=C(NC(=O)c1cc(Cl)ccc1C)N1CCC(Cc2ccccc2)(C(=O)NCc2ccccc2)CC1. The summed E-state index contributed by atoms with van der Waals surface area (Å²) in [6, 6.07) is 25.4. The largest absolute Gasteiger partial charge is 0.359 e. The van der Waals surface area contributed by atoms with Gasteiger partial charge in [0.15, 0.2) is 0 Å². The lowest BCUT2D eigenvalue weighted by molar-refractivity contribution is -0.133. The smallest absolute Gasteiger partial charge is 0.257 e. The van der Waals surface area contributed by atoms with Crippen molar-refractivity contribution in [2.45, 2.75) is 32.7 Å². The molecule has 1 saturated heterocycles. The van der Waals surface area contributed by atoms with Gasteiger partial charge in [0, 0.05) is 30.2 Å². The Morgan fingerprint density at radius 2 is 1.56 bits per heavy atom. The van der Waals surface area contributed by atoms with Gasteiger partial charge in [-0.1, -0.05) is 84.9 Å². The number of carbonyl (C=O) groups excluding carboxylic acids is 2. The van der Waals surface area contributed by atoms with Gasteiger partial charge in [-0.3, -0.25) is 9.59 Å². The second kappa shape index (κ2) is 11.4. The molecule has 0 spiro atoms. The number of aryl methyl sites for hydroxylation is 1. The lowest BCUT2D eigenvalue weighted by Crippen LogP contribution is -2.51. The zero-order valence-electron chi connectivity index (χ0n) is 20.6. The molecule has 0 unspecified atom stereocenters. The Balaban J connectivity index is 1.43. The molecule has 0 atom stereocenters. The number of hydrogen-bond donors (Lipinski definition) is 2. The van der Waals surface area contributed by atoms with Crippen LogP contribution in [-0.2, 0) is 17.8 Å². The maximum Gasteiger partial charge on any atom is 0.257 e. The maximum absolute atomic E-state index is 13.6. The van der Waals surface area contributed by atoms with Crippen molar-refractivity contribution in [2.75, 3.05) is 13.1 Å². The average Bonchev–Trinajstić information content (AvgIpc) is 2.90. The Kier molecular flexibility index (Phi) is 8.11. The second-order valence-corrected chi connectivity index (χ2v) is 9.89. The molecule has 6 heteroatoms. The predicted octanol–water partition coefficient (Wildman–Crippen LogP) is 5.49. The number of hydrogen-bond acceptors (Lipinski definition) is 3. The highest BCUT2D eigenvalue weighted by molar-refractivity contribution is 6.31. The van der Waals surface area contributed by atoms with Crippen LogP contribution in [0.25, 0.3) is 0 Å². The Bertz CT molecular complexity index is 1220. The normalized spacial score (nSPS) is 14.7. The standard InChI is InChI=1S/C30H32ClN3O2/c1-22-13-14-26(31)19-27(22)28(35)33-23(2)34-17-15-30(16-18-34,20-24-9-5-3-6-10-24)29(36)32-21-25-11-7-4-8-12-25/h3-14,19H,2,15-18,20-21H2,1H3,(H,32,36)(H,33,35). The number of piperidine rings is 1. The molecule has 2 N–H and O–H groups in total. The van der Waals surface area contributed by atoms with E-state index in [0.717, 1.165) is 16.7 Å². The number of likely N-dealkylation sites (tertiary alicyclic amines) is 1. The number of nitrogens with one attached hydrogen (secondary N) is 2. The van der Waals surface area contributed by atoms with Crippen molar-refractivity contribution in [2.24, 2.45) is 5.41 Å². The monoisotopic (exact) mass is 501 g/mol. The first kappa shape index (κ1) is 25.5. The summed E-state index contributed by atoms with van der Waals surface area (Å²) < 4.78 is 0. The van der Waals surface area contributed by atoms with Gasteiger partial charge in [-0.05, 0) is 55.0 Å². The Labute approximate surface area is 218 Å². The van der Waals surface area contributed by atoms with Crippen LogP contribution in [0.15, 0.2) is 91.3 Å². The van der Waals surface area contributed by atoms with E-state index in [9.17, 15) is 9.59 Å². The van der Waals surface area contributed by atoms with Crippen LogP contribution in [-0.4, -0.2) is 29.8 Å². The van der Waals surface area contributed by atoms with Crippen molar-refractivity contribution >= 4 is 23.4 Å². The van der Waals surface area contributed by atoms with Gasteiger partial charge in [0.05, 0.1) is 5.41 Å². The van der Waals surface area contributed by atoms with Crippen LogP contribution < -0.4 is 10.6 Å². The van der Waals surface area contributed by atoms with Crippen LogP contribution in [0.2, 0.25) is 5.02 Å². The first-order chi connectivity index (χ1) is 17.4. The van der Waals surface area contributed by atoms with Crippen molar-refractivity contribution in [3.63, 3.8) is 0 Å². The van der Waals surface area contributed by atoms with Gasteiger partial charge in [0.1, 0.15) is 5.82 Å². The summed E-state index contributed by atoms with van der Waals surface area (Å²) in [7, 11) is 0. The van der Waals surface area contributed by atoms with E-state index >= 15 is 0 Å². The molecule has 0 radical (unpaired) electrons. The summed E-state index contributed by atoms with van der Waals surface area (Å²) in [5, 5.41) is 6.61. The molecule has 1 fully saturated rings. The molecule has 36 heavy (non-hydrogen) atoms. The minimum atomic E-state index is -0.527. The van der Waals surface area contributed by atoms with Gasteiger partial charge in [0.25, 0.3) is 5.91 Å². The zero-order valence-corrected chi connectivity index (χ0v) is 21.4. The summed E-state index contributed by atoms with van der Waals surface area (Å²) in [4.78, 5) is 28.5. The Morgan fingerprint density at radius 1 is 0.944 bits per heavy atom. The van der Waals surface area contributed by atoms with Gasteiger partial charge in [-0.15, -0.1) is 0 Å². The van der Waals surface area contributed by atoms with Gasteiger partial charge in [-0.25, -0.2) is 0 Å². The van der Waals surface area contributed by atoms with Gasteiger partial charge < -0.3 is 15.5 Å². The Morgan fingerprint density at radius 3 is 2.19 bits per heavy atom. The van der Waals surface area contributed by atoms with Gasteiger partial charge in [0.2, 0.25) is 5.91 Å². The molecule has 1 heterocycles. The van der Waals surface area contributed by atoms with E-state index in [1.54, 1.807) is 12.1 Å². The summed E-state index contributed by atoms with van der Waals surface area (Å²) in [6.07, 6.45) is 1.99. The number of halogens is 1. The number of benzene rings is 3. The molecule has 1 aliphatic heterocycles. The number of carbonyl (C=O) groups is 2. The third-order valence-electron chi connectivity index (χ3n) is 6.97. The minimum absolute atomic E-state index is 0.0686. The number of amides is 2. The van der Waals surface area contributed by atoms with Crippen LogP contribution in [0.3, 0.4) is 0 Å². The van der Waals surface area contributed by atoms with Crippen LogP contribution in [0.1, 0.15) is 39.9 Å². The first-order valence-corrected chi connectivity index (χ1v) is 12.6. The second-order valence-electron chi connectivity index (χ2n) is 9.46. The van der Waals surface area contributed by atoms with Crippen LogP contribution in [0.4, 0.5) is 0 Å². The molecular formula is C30H32ClN3O2. The highest BCUT2D eigenvalue weighted by atomic mass is 35.5. The van der Waals surface area contributed by atoms with Crippen LogP contribution >= 0.6 is 11.6 Å². The number of rotatable bonds is 8. The van der Waals surface area contributed by atoms with Crippen LogP contribution in [0, 0.1) is 12.3 Å². The molecule has 5 nitrogen and oxygen atoms in total. The molecule has 3 aromatic rings. The predicted molar refractivity (Wildman–Crippen MR) is 144 cm³/mol. The third-order valence-corrected chi connectivity index (χ3v) is 7.20. The van der Waals surface area contributed by atoms with Gasteiger partial charge >= 0.3 is 0 Å². The first-order valence-electron chi connectivity index (χ1n) is 12.2. The van der Waals surface area contributed by atoms with Crippen LogP contribution in [0.5, 0.6) is 0 Å². The lowest BCUT2D eigenvalue weighted by atomic mass is 9.73. The molecule has 1 aliphatic rings. The summed E-state index contributed by atoms with van der Waals surface area (Å²) in [5.74, 6) is 0.373. The molecule has 3 aromatic carbocycles. The molecule has 0 bridgehead atoms. The Hall–Kier alpha value is -3.57. The van der Waals surface area contributed by atoms with E-state index in [2.05, 4.69) is 29.3 Å². The summed E-state index contributed by atoms with van der Waals surface area (Å²) in [5.41, 5.74) is 3.06. The molecule has 0 saturated carbocycles. The number of nitrogens with zero attached hydrogens (tertiary/aromatic N) is 1. The topological polar surface area (TPSA) is 61.4 Å². The molecule has 0 aliphatic carbocycles. The van der Waals surface area contributed by atoms with Crippen molar-refractivity contribution in [3.05, 3.63) is 119 Å². The fraction of sp³-hybridized carbons (Fsp3) is 0.267. The molecule has 4 rings (SSSR count). The van der Waals surface area contributed by atoms with E-state index < -0.39 is 5.41 Å². The summed E-state index contributed by atoms with van der Waals surface area (Å²) in [6.45, 7) is 7.74. The summed E-state index contributed by atoms with van der Waals surface area (Å²) >= 11 is 6.09. The highest BCUT2D eigenvalue weighted by Crippen LogP contribution is 2.36. The fourth-order valence-electron chi connectivity index (χ4n) is 4.76. The van der Waals surface area contributed by atoms with E-state index in [0.29, 0.717) is 55.3 Å². The minimum Gasteiger partial charge on any atom is -0.359 e. The maximum atomic E-state index is 13.6. The third kappa shape index (κ3) is 6.16. The van der Waals surface area contributed by atoms with Crippen molar-refractivity contribution in [1.29, 1.82) is 0 Å². The van der Waals surface area contributed by atoms with E-state index in [1.807, 2.05) is 66.4 Å². The van der Waals surface area contributed by atoms with Gasteiger partial charge in [-0.2, -0.15) is 0 Å². The average molecular weight is 502 g/mol. The molecule has 186 valence electrons. The molecular weight excluding hydrogens is 470 g/mol. The fourth-order valence-corrected chi connectivity index (χ4v) is 4.93. The lowest BCUT2D eigenvalue weighted by Gasteiger charge is -2.42. The van der Waals surface area contributed by atoms with Crippen molar-refractivity contribution in [3.8, 4) is 0 Å². The van der Waals surface area contributed by atoms with Crippen molar-refractivity contribution in [1.82, 2.24) is 15.5 Å². The van der Waals surface area contributed by atoms with Crippen molar-refractivity contribution < 1.29 is 9.59 Å². The quantitative estimate of drug-likeness (QED) is 0.429.